The lowest BCUT2D eigenvalue weighted by molar-refractivity contribution is 0.0657. The first-order valence-corrected chi connectivity index (χ1v) is 6.41. The molecule has 0 aromatic carbocycles. The summed E-state index contributed by atoms with van der Waals surface area (Å²) in [5, 5.41) is 7.49. The molecule has 1 aromatic rings. The normalized spacial score (nSPS) is 12.9. The molecule has 1 atom stereocenters. The molecule has 0 radical (unpaired) electrons. The van der Waals surface area contributed by atoms with E-state index in [1.54, 1.807) is 7.11 Å². The van der Waals surface area contributed by atoms with Crippen LogP contribution in [0.4, 0.5) is 0 Å². The molecule has 0 amide bonds. The van der Waals surface area contributed by atoms with Crippen molar-refractivity contribution in [1.29, 1.82) is 0 Å². The van der Waals surface area contributed by atoms with Gasteiger partial charge in [0.15, 0.2) is 0 Å². The Morgan fingerprint density at radius 3 is 2.76 bits per heavy atom. The fourth-order valence-corrected chi connectivity index (χ4v) is 2.30. The summed E-state index contributed by atoms with van der Waals surface area (Å²) in [6.07, 6.45) is 2.71. The molecule has 1 aromatic heterocycles. The van der Waals surface area contributed by atoms with Crippen molar-refractivity contribution >= 4 is 15.9 Å². The van der Waals surface area contributed by atoms with Gasteiger partial charge in [-0.2, -0.15) is 5.10 Å². The highest BCUT2D eigenvalue weighted by Crippen LogP contribution is 2.24. The Morgan fingerprint density at radius 1 is 1.47 bits per heavy atom. The summed E-state index contributed by atoms with van der Waals surface area (Å²) in [5.74, 6) is 0. The molecule has 1 heterocycles. The fraction of sp³-hybridized carbons (Fsp3) is 0.727. The highest BCUT2D eigenvalue weighted by atomic mass is 79.9. The summed E-state index contributed by atoms with van der Waals surface area (Å²) < 4.78 is 13.3. The summed E-state index contributed by atoms with van der Waals surface area (Å²) >= 11 is 3.51. The molecule has 0 saturated heterocycles. The van der Waals surface area contributed by atoms with Gasteiger partial charge in [0.25, 0.3) is 0 Å². The second-order valence-corrected chi connectivity index (χ2v) is 4.59. The molecule has 1 rings (SSSR count). The van der Waals surface area contributed by atoms with Crippen molar-refractivity contribution in [2.24, 2.45) is 7.05 Å². The minimum Gasteiger partial charge on any atom is -0.382 e. The molecular formula is C11H20BrN3O2. The molecule has 0 aliphatic rings. The predicted octanol–water partition coefficient (Wildman–Crippen LogP) is 1.50. The number of aryl methyl sites for hydroxylation is 1. The van der Waals surface area contributed by atoms with Gasteiger partial charge in [0.2, 0.25) is 0 Å². The predicted molar refractivity (Wildman–Crippen MR) is 70.0 cm³/mol. The molecule has 0 spiro atoms. The van der Waals surface area contributed by atoms with E-state index in [0.29, 0.717) is 19.8 Å². The van der Waals surface area contributed by atoms with Crippen molar-refractivity contribution in [2.75, 3.05) is 34.0 Å². The van der Waals surface area contributed by atoms with E-state index in [4.69, 9.17) is 9.47 Å². The number of nitrogens with zero attached hydrogens (tertiary/aromatic N) is 2. The molecule has 0 aliphatic carbocycles. The standard InChI is InChI=1S/C11H20BrN3O2/c1-13-10(4-5-17-7-6-16-3)11-9(12)8-14-15(11)2/h8,10,13H,4-7H2,1-3H3. The fourth-order valence-electron chi connectivity index (χ4n) is 1.68. The SMILES string of the molecule is CNC(CCOCCOC)c1c(Br)cnn1C. The van der Waals surface area contributed by atoms with Gasteiger partial charge in [-0.15, -0.1) is 0 Å². The van der Waals surface area contributed by atoms with Crippen molar-refractivity contribution in [2.45, 2.75) is 12.5 Å². The Hall–Kier alpha value is -0.430. The van der Waals surface area contributed by atoms with Gasteiger partial charge >= 0.3 is 0 Å². The third-order valence-electron chi connectivity index (χ3n) is 2.60. The van der Waals surface area contributed by atoms with E-state index in [-0.39, 0.29) is 6.04 Å². The Morgan fingerprint density at radius 2 is 2.24 bits per heavy atom. The van der Waals surface area contributed by atoms with Crippen molar-refractivity contribution in [3.05, 3.63) is 16.4 Å². The third kappa shape index (κ3) is 4.39. The molecular weight excluding hydrogens is 286 g/mol. The molecule has 5 nitrogen and oxygen atoms in total. The van der Waals surface area contributed by atoms with E-state index < -0.39 is 0 Å². The van der Waals surface area contributed by atoms with E-state index in [1.807, 2.05) is 25.0 Å². The first kappa shape index (κ1) is 14.6. The number of hydrogen-bond acceptors (Lipinski definition) is 4. The zero-order valence-corrected chi connectivity index (χ0v) is 12.2. The molecule has 0 aliphatic heterocycles. The van der Waals surface area contributed by atoms with Crippen LogP contribution in [0, 0.1) is 0 Å². The number of halogens is 1. The van der Waals surface area contributed by atoms with Crippen molar-refractivity contribution < 1.29 is 9.47 Å². The zero-order valence-electron chi connectivity index (χ0n) is 10.6. The first-order valence-electron chi connectivity index (χ1n) is 5.62. The number of methoxy groups -OCH3 is 1. The van der Waals surface area contributed by atoms with Crippen LogP contribution in [-0.4, -0.2) is 43.8 Å². The number of rotatable bonds is 8. The second kappa shape index (κ2) is 7.81. The van der Waals surface area contributed by atoms with Crippen LogP contribution < -0.4 is 5.32 Å². The smallest absolute Gasteiger partial charge is 0.0700 e. The van der Waals surface area contributed by atoms with Gasteiger partial charge in [0.05, 0.1) is 35.6 Å². The zero-order chi connectivity index (χ0) is 12.7. The molecule has 0 fully saturated rings. The molecule has 98 valence electrons. The van der Waals surface area contributed by atoms with Crippen molar-refractivity contribution in [3.63, 3.8) is 0 Å². The molecule has 0 bridgehead atoms. The van der Waals surface area contributed by atoms with Crippen LogP contribution in [-0.2, 0) is 16.5 Å². The average Bonchev–Trinajstić information content (AvgIpc) is 2.65. The number of hydrogen-bond donors (Lipinski definition) is 1. The van der Waals surface area contributed by atoms with E-state index in [9.17, 15) is 0 Å². The van der Waals surface area contributed by atoms with E-state index in [1.165, 1.54) is 0 Å². The van der Waals surface area contributed by atoms with Crippen LogP contribution in [0.5, 0.6) is 0 Å². The Balaban J connectivity index is 2.43. The number of ether oxygens (including phenoxy) is 2. The van der Waals surface area contributed by atoms with Gasteiger partial charge in [-0.05, 0) is 29.4 Å². The van der Waals surface area contributed by atoms with Gasteiger partial charge in [-0.25, -0.2) is 0 Å². The summed E-state index contributed by atoms with van der Waals surface area (Å²) in [5.41, 5.74) is 1.14. The highest BCUT2D eigenvalue weighted by Gasteiger charge is 2.16. The van der Waals surface area contributed by atoms with Crippen molar-refractivity contribution in [3.8, 4) is 0 Å². The van der Waals surface area contributed by atoms with Gasteiger partial charge in [-0.1, -0.05) is 0 Å². The third-order valence-corrected chi connectivity index (χ3v) is 3.21. The molecule has 1 N–H and O–H groups in total. The van der Waals surface area contributed by atoms with E-state index in [2.05, 4.69) is 26.3 Å². The van der Waals surface area contributed by atoms with Gasteiger partial charge in [-0.3, -0.25) is 4.68 Å². The molecule has 0 saturated carbocycles. The first-order chi connectivity index (χ1) is 8.20. The molecule has 17 heavy (non-hydrogen) atoms. The summed E-state index contributed by atoms with van der Waals surface area (Å²) in [6, 6.07) is 0.236. The quantitative estimate of drug-likeness (QED) is 0.740. The van der Waals surface area contributed by atoms with Crippen molar-refractivity contribution in [1.82, 2.24) is 15.1 Å². The molecule has 6 heteroatoms. The lowest BCUT2D eigenvalue weighted by atomic mass is 10.1. The maximum absolute atomic E-state index is 5.47. The summed E-state index contributed by atoms with van der Waals surface area (Å²) in [6.45, 7) is 1.98. The topological polar surface area (TPSA) is 48.3 Å². The Kier molecular flexibility index (Phi) is 6.72. The molecule has 1 unspecified atom stereocenters. The van der Waals surface area contributed by atoms with Crippen LogP contribution in [0.1, 0.15) is 18.2 Å². The maximum Gasteiger partial charge on any atom is 0.0700 e. The number of nitrogens with one attached hydrogen (secondary N) is 1. The van der Waals surface area contributed by atoms with Gasteiger partial charge in [0.1, 0.15) is 0 Å². The highest BCUT2D eigenvalue weighted by molar-refractivity contribution is 9.10. The van der Waals surface area contributed by atoms with Crippen LogP contribution in [0.2, 0.25) is 0 Å². The lowest BCUT2D eigenvalue weighted by Crippen LogP contribution is -2.22. The van der Waals surface area contributed by atoms with Crippen LogP contribution in [0.3, 0.4) is 0 Å². The lowest BCUT2D eigenvalue weighted by Gasteiger charge is -2.17. The Bertz CT molecular complexity index is 311. The van der Waals surface area contributed by atoms with Crippen LogP contribution in [0.15, 0.2) is 10.7 Å². The summed E-state index contributed by atoms with van der Waals surface area (Å²) in [7, 11) is 5.56. The Labute approximate surface area is 111 Å². The van der Waals surface area contributed by atoms with Gasteiger partial charge < -0.3 is 14.8 Å². The monoisotopic (exact) mass is 305 g/mol. The average molecular weight is 306 g/mol. The minimum absolute atomic E-state index is 0.236. The van der Waals surface area contributed by atoms with E-state index in [0.717, 1.165) is 16.6 Å². The number of aromatic nitrogens is 2. The van der Waals surface area contributed by atoms with Gasteiger partial charge in [0, 0.05) is 20.8 Å². The largest absolute Gasteiger partial charge is 0.382 e. The summed E-state index contributed by atoms with van der Waals surface area (Å²) in [4.78, 5) is 0. The van der Waals surface area contributed by atoms with E-state index >= 15 is 0 Å². The van der Waals surface area contributed by atoms with Crippen LogP contribution in [0.25, 0.3) is 0 Å². The second-order valence-electron chi connectivity index (χ2n) is 3.74. The van der Waals surface area contributed by atoms with Crippen LogP contribution >= 0.6 is 15.9 Å². The minimum atomic E-state index is 0.236. The maximum atomic E-state index is 5.47.